The molecule has 0 amide bonds. The van der Waals surface area contributed by atoms with Gasteiger partial charge in [0.05, 0.1) is 0 Å². The minimum absolute atomic E-state index is 0.562. The summed E-state index contributed by atoms with van der Waals surface area (Å²) in [7, 11) is 0. The van der Waals surface area contributed by atoms with Crippen molar-refractivity contribution in [3.63, 3.8) is 0 Å². The van der Waals surface area contributed by atoms with Crippen molar-refractivity contribution >= 4 is 10.8 Å². The van der Waals surface area contributed by atoms with Crippen molar-refractivity contribution in [1.82, 2.24) is 0 Å². The maximum atomic E-state index is 2.32. The van der Waals surface area contributed by atoms with E-state index < -0.39 is 0 Å². The lowest BCUT2D eigenvalue weighted by Gasteiger charge is -2.12. The molecule has 0 aliphatic heterocycles. The van der Waals surface area contributed by atoms with E-state index in [9.17, 15) is 0 Å². The zero-order chi connectivity index (χ0) is 14.1. The third kappa shape index (κ3) is 2.22. The van der Waals surface area contributed by atoms with E-state index in [2.05, 4.69) is 81.4 Å². The van der Waals surface area contributed by atoms with Crippen LogP contribution in [0.25, 0.3) is 21.9 Å². The van der Waals surface area contributed by atoms with E-state index in [4.69, 9.17) is 0 Å². The Labute approximate surface area is 121 Å². The quantitative estimate of drug-likeness (QED) is 0.535. The van der Waals surface area contributed by atoms with Gasteiger partial charge in [-0.15, -0.1) is 0 Å². The van der Waals surface area contributed by atoms with E-state index in [0.29, 0.717) is 5.92 Å². The van der Waals surface area contributed by atoms with E-state index in [1.54, 1.807) is 0 Å². The van der Waals surface area contributed by atoms with E-state index in [-0.39, 0.29) is 0 Å². The van der Waals surface area contributed by atoms with Crippen LogP contribution in [0.5, 0.6) is 0 Å². The van der Waals surface area contributed by atoms with Crippen LogP contribution in [-0.2, 0) is 0 Å². The molecule has 0 fully saturated rings. The lowest BCUT2D eigenvalue weighted by molar-refractivity contribution is 0.867. The third-order valence-corrected chi connectivity index (χ3v) is 4.01. The molecule has 0 bridgehead atoms. The predicted molar refractivity (Wildman–Crippen MR) is 88.2 cm³/mol. The van der Waals surface area contributed by atoms with Crippen LogP contribution in [0, 0.1) is 6.92 Å². The molecule has 3 aromatic carbocycles. The number of hydrogen-bond donors (Lipinski definition) is 0. The molecular formula is C20H20. The summed E-state index contributed by atoms with van der Waals surface area (Å²) in [5, 5.41) is 2.69. The standard InChI is InChI=1S/C20H20/c1-14(2)16-7-6-8-17(13-16)19-12-11-15(3)18-9-4-5-10-20(18)19/h4-14H,1-3H3. The Morgan fingerprint density at radius 2 is 1.50 bits per heavy atom. The number of hydrogen-bond acceptors (Lipinski definition) is 0. The molecule has 3 aromatic rings. The molecule has 0 saturated heterocycles. The number of rotatable bonds is 2. The largest absolute Gasteiger partial charge is 0.0616 e. The Morgan fingerprint density at radius 3 is 2.25 bits per heavy atom. The van der Waals surface area contributed by atoms with Gasteiger partial charge in [-0.25, -0.2) is 0 Å². The van der Waals surface area contributed by atoms with Gasteiger partial charge in [-0.3, -0.25) is 0 Å². The molecule has 0 saturated carbocycles. The van der Waals surface area contributed by atoms with E-state index in [1.807, 2.05) is 0 Å². The molecule has 0 nitrogen and oxygen atoms in total. The lowest BCUT2D eigenvalue weighted by Crippen LogP contribution is -1.89. The summed E-state index contributed by atoms with van der Waals surface area (Å²) >= 11 is 0. The SMILES string of the molecule is Cc1ccc(-c2cccc(C(C)C)c2)c2ccccc12. The van der Waals surface area contributed by atoms with Gasteiger partial charge >= 0.3 is 0 Å². The Kier molecular flexibility index (Phi) is 3.31. The van der Waals surface area contributed by atoms with Gasteiger partial charge < -0.3 is 0 Å². The molecule has 0 atom stereocenters. The maximum Gasteiger partial charge on any atom is -0.0103 e. The van der Waals surface area contributed by atoms with Gasteiger partial charge in [0.2, 0.25) is 0 Å². The van der Waals surface area contributed by atoms with E-state index in [0.717, 1.165) is 0 Å². The maximum absolute atomic E-state index is 2.32. The van der Waals surface area contributed by atoms with Crippen LogP contribution in [-0.4, -0.2) is 0 Å². The molecule has 100 valence electrons. The summed E-state index contributed by atoms with van der Waals surface area (Å²) in [4.78, 5) is 0. The molecule has 0 unspecified atom stereocenters. The fourth-order valence-corrected chi connectivity index (χ4v) is 2.77. The van der Waals surface area contributed by atoms with Crippen LogP contribution in [0.4, 0.5) is 0 Å². The summed E-state index contributed by atoms with van der Waals surface area (Å²) in [6.45, 7) is 6.66. The van der Waals surface area contributed by atoms with Gasteiger partial charge in [0.25, 0.3) is 0 Å². The Balaban J connectivity index is 2.25. The summed E-state index contributed by atoms with van der Waals surface area (Å²) in [5.74, 6) is 0.562. The molecule has 0 radical (unpaired) electrons. The topological polar surface area (TPSA) is 0 Å². The minimum Gasteiger partial charge on any atom is -0.0616 e. The van der Waals surface area contributed by atoms with Crippen molar-refractivity contribution < 1.29 is 0 Å². The summed E-state index contributed by atoms with van der Waals surface area (Å²) in [6, 6.07) is 22.0. The lowest BCUT2D eigenvalue weighted by atomic mass is 9.93. The van der Waals surface area contributed by atoms with Crippen molar-refractivity contribution in [3.05, 3.63) is 71.8 Å². The molecule has 3 rings (SSSR count). The van der Waals surface area contributed by atoms with Gasteiger partial charge in [-0.1, -0.05) is 74.5 Å². The van der Waals surface area contributed by atoms with E-state index >= 15 is 0 Å². The minimum atomic E-state index is 0.562. The van der Waals surface area contributed by atoms with Gasteiger partial charge in [0, 0.05) is 0 Å². The van der Waals surface area contributed by atoms with Crippen molar-refractivity contribution in [2.45, 2.75) is 26.7 Å². The first kappa shape index (κ1) is 12.9. The van der Waals surface area contributed by atoms with Crippen LogP contribution in [0.2, 0.25) is 0 Å². The van der Waals surface area contributed by atoms with Crippen LogP contribution >= 0.6 is 0 Å². The van der Waals surface area contributed by atoms with Gasteiger partial charge in [0.1, 0.15) is 0 Å². The zero-order valence-electron chi connectivity index (χ0n) is 12.4. The molecule has 0 N–H and O–H groups in total. The van der Waals surface area contributed by atoms with Crippen molar-refractivity contribution in [2.75, 3.05) is 0 Å². The average molecular weight is 260 g/mol. The highest BCUT2D eigenvalue weighted by atomic mass is 14.1. The summed E-state index contributed by atoms with van der Waals surface area (Å²) in [5.41, 5.74) is 5.37. The van der Waals surface area contributed by atoms with Crippen molar-refractivity contribution in [2.24, 2.45) is 0 Å². The molecular weight excluding hydrogens is 240 g/mol. The average Bonchev–Trinajstić information content (AvgIpc) is 2.48. The normalized spacial score (nSPS) is 11.2. The monoisotopic (exact) mass is 260 g/mol. The smallest absolute Gasteiger partial charge is 0.0103 e. The van der Waals surface area contributed by atoms with Gasteiger partial charge in [-0.05, 0) is 45.9 Å². The Morgan fingerprint density at radius 1 is 0.750 bits per heavy atom. The second-order valence-corrected chi connectivity index (χ2v) is 5.76. The highest BCUT2D eigenvalue weighted by molar-refractivity contribution is 5.98. The van der Waals surface area contributed by atoms with Gasteiger partial charge in [-0.2, -0.15) is 0 Å². The highest BCUT2D eigenvalue weighted by Gasteiger charge is 2.07. The molecule has 0 aromatic heterocycles. The first-order chi connectivity index (χ1) is 9.66. The number of fused-ring (bicyclic) bond motifs is 1. The molecule has 20 heavy (non-hydrogen) atoms. The van der Waals surface area contributed by atoms with Crippen LogP contribution in [0.15, 0.2) is 60.7 Å². The van der Waals surface area contributed by atoms with Crippen molar-refractivity contribution in [3.8, 4) is 11.1 Å². The molecule has 0 heterocycles. The van der Waals surface area contributed by atoms with Crippen molar-refractivity contribution in [1.29, 1.82) is 0 Å². The second-order valence-electron chi connectivity index (χ2n) is 5.76. The van der Waals surface area contributed by atoms with Crippen LogP contribution in [0.3, 0.4) is 0 Å². The molecule has 0 aliphatic rings. The highest BCUT2D eigenvalue weighted by Crippen LogP contribution is 2.31. The first-order valence-corrected chi connectivity index (χ1v) is 7.25. The molecule has 0 aliphatic carbocycles. The summed E-state index contributed by atoms with van der Waals surface area (Å²) < 4.78 is 0. The second kappa shape index (κ2) is 5.13. The van der Waals surface area contributed by atoms with E-state index in [1.165, 1.54) is 33.0 Å². The Hall–Kier alpha value is -2.08. The first-order valence-electron chi connectivity index (χ1n) is 7.25. The van der Waals surface area contributed by atoms with Crippen LogP contribution in [0.1, 0.15) is 30.9 Å². The molecule has 0 heteroatoms. The molecule has 0 spiro atoms. The predicted octanol–water partition coefficient (Wildman–Crippen LogP) is 5.94. The number of benzene rings is 3. The van der Waals surface area contributed by atoms with Gasteiger partial charge in [0.15, 0.2) is 0 Å². The van der Waals surface area contributed by atoms with Crippen LogP contribution < -0.4 is 0 Å². The fraction of sp³-hybridized carbons (Fsp3) is 0.200. The number of aryl methyl sites for hydroxylation is 1. The Bertz CT molecular complexity index is 751. The fourth-order valence-electron chi connectivity index (χ4n) is 2.77. The zero-order valence-corrected chi connectivity index (χ0v) is 12.4. The summed E-state index contributed by atoms with van der Waals surface area (Å²) in [6.07, 6.45) is 0. The third-order valence-electron chi connectivity index (χ3n) is 4.01.